The molecule has 3 nitrogen and oxygen atoms in total. The lowest BCUT2D eigenvalue weighted by Gasteiger charge is -2.19. The van der Waals surface area contributed by atoms with Crippen LogP contribution in [-0.2, 0) is 9.53 Å². The van der Waals surface area contributed by atoms with Crippen molar-refractivity contribution >= 4 is 5.97 Å². The van der Waals surface area contributed by atoms with Gasteiger partial charge in [-0.15, -0.1) is 0 Å². The van der Waals surface area contributed by atoms with Crippen LogP contribution in [0.4, 0.5) is 0 Å². The van der Waals surface area contributed by atoms with Gasteiger partial charge in [0.1, 0.15) is 5.60 Å². The number of rotatable bonds is 6. The van der Waals surface area contributed by atoms with Crippen LogP contribution < -0.4 is 0 Å². The number of unbranched alkanes of at least 4 members (excludes halogenated alkanes) is 1. The van der Waals surface area contributed by atoms with Crippen LogP contribution in [0.25, 0.3) is 0 Å². The van der Waals surface area contributed by atoms with E-state index in [0.717, 1.165) is 25.7 Å². The molecule has 0 saturated carbocycles. The van der Waals surface area contributed by atoms with Crippen molar-refractivity contribution in [2.75, 3.05) is 0 Å². The second-order valence-electron chi connectivity index (χ2n) is 4.89. The maximum Gasteiger partial charge on any atom is 0.306 e. The number of carbonyl (C=O) groups excluding carboxylic acids is 1. The third-order valence-electron chi connectivity index (χ3n) is 2.06. The van der Waals surface area contributed by atoms with E-state index in [0.29, 0.717) is 6.42 Å². The highest BCUT2D eigenvalue weighted by atomic mass is 16.6. The summed E-state index contributed by atoms with van der Waals surface area (Å²) >= 11 is 0. The van der Waals surface area contributed by atoms with Crippen molar-refractivity contribution in [3.05, 3.63) is 0 Å². The number of ether oxygens (including phenoxy) is 1. The molecule has 0 aliphatic rings. The molecule has 0 aromatic rings. The van der Waals surface area contributed by atoms with Gasteiger partial charge in [-0.1, -0.05) is 13.3 Å². The van der Waals surface area contributed by atoms with Crippen molar-refractivity contribution in [1.82, 2.24) is 0 Å². The molecule has 90 valence electrons. The van der Waals surface area contributed by atoms with E-state index in [9.17, 15) is 9.90 Å². The van der Waals surface area contributed by atoms with Crippen LogP contribution in [0.15, 0.2) is 0 Å². The number of aliphatic hydroxyl groups excluding tert-OH is 1. The van der Waals surface area contributed by atoms with Crippen molar-refractivity contribution < 1.29 is 14.6 Å². The van der Waals surface area contributed by atoms with Crippen molar-refractivity contribution in [2.45, 2.75) is 71.5 Å². The summed E-state index contributed by atoms with van der Waals surface area (Å²) in [5.74, 6) is -0.145. The summed E-state index contributed by atoms with van der Waals surface area (Å²) in [6, 6.07) is 0. The molecule has 0 radical (unpaired) electrons. The zero-order chi connectivity index (χ0) is 11.9. The van der Waals surface area contributed by atoms with Gasteiger partial charge in [0.25, 0.3) is 0 Å². The molecule has 0 fully saturated rings. The molecular weight excluding hydrogens is 192 g/mol. The minimum atomic E-state index is -0.389. The second kappa shape index (κ2) is 6.83. The van der Waals surface area contributed by atoms with Crippen LogP contribution >= 0.6 is 0 Å². The Morgan fingerprint density at radius 1 is 1.33 bits per heavy atom. The van der Waals surface area contributed by atoms with Gasteiger partial charge >= 0.3 is 5.97 Å². The molecule has 0 aromatic carbocycles. The molecule has 0 aliphatic heterocycles. The Morgan fingerprint density at radius 3 is 2.40 bits per heavy atom. The summed E-state index contributed by atoms with van der Waals surface area (Å²) in [5.41, 5.74) is -0.389. The van der Waals surface area contributed by atoms with Gasteiger partial charge < -0.3 is 9.84 Å². The Labute approximate surface area is 92.8 Å². The monoisotopic (exact) mass is 216 g/mol. The minimum Gasteiger partial charge on any atom is -0.460 e. The first-order valence-corrected chi connectivity index (χ1v) is 5.75. The lowest BCUT2D eigenvalue weighted by Crippen LogP contribution is -2.23. The first kappa shape index (κ1) is 14.4. The van der Waals surface area contributed by atoms with Gasteiger partial charge in [0, 0.05) is 6.42 Å². The predicted molar refractivity (Wildman–Crippen MR) is 60.6 cm³/mol. The summed E-state index contributed by atoms with van der Waals surface area (Å²) in [6.45, 7) is 7.56. The lowest BCUT2D eigenvalue weighted by atomic mass is 10.1. The van der Waals surface area contributed by atoms with Gasteiger partial charge in [0.15, 0.2) is 0 Å². The van der Waals surface area contributed by atoms with Crippen LogP contribution in [0.5, 0.6) is 0 Å². The van der Waals surface area contributed by atoms with E-state index in [2.05, 4.69) is 0 Å². The zero-order valence-corrected chi connectivity index (χ0v) is 10.4. The number of aliphatic hydroxyl groups is 1. The van der Waals surface area contributed by atoms with E-state index in [1.54, 1.807) is 0 Å². The van der Waals surface area contributed by atoms with Gasteiger partial charge in [0.2, 0.25) is 0 Å². The van der Waals surface area contributed by atoms with Crippen LogP contribution in [0.3, 0.4) is 0 Å². The standard InChI is InChI=1S/C12H24O3/c1-5-10(13)8-6-7-9-11(14)15-12(2,3)4/h10,13H,5-9H2,1-4H3/t10-/m1/s1. The SMILES string of the molecule is CC[C@@H](O)CCCCC(=O)OC(C)(C)C. The Hall–Kier alpha value is -0.570. The molecule has 0 heterocycles. The fourth-order valence-corrected chi connectivity index (χ4v) is 1.25. The Balaban J connectivity index is 3.48. The highest BCUT2D eigenvalue weighted by Crippen LogP contribution is 2.11. The van der Waals surface area contributed by atoms with Crippen molar-refractivity contribution in [1.29, 1.82) is 0 Å². The number of hydrogen-bond donors (Lipinski definition) is 1. The van der Waals surface area contributed by atoms with Gasteiger partial charge in [-0.25, -0.2) is 0 Å². The minimum absolute atomic E-state index is 0.145. The maximum absolute atomic E-state index is 11.3. The largest absolute Gasteiger partial charge is 0.460 e. The van der Waals surface area contributed by atoms with E-state index in [-0.39, 0.29) is 17.7 Å². The molecule has 0 aromatic heterocycles. The summed E-state index contributed by atoms with van der Waals surface area (Å²) < 4.78 is 5.17. The summed E-state index contributed by atoms with van der Waals surface area (Å²) in [5, 5.41) is 9.29. The molecule has 0 aliphatic carbocycles. The van der Waals surface area contributed by atoms with E-state index >= 15 is 0 Å². The smallest absolute Gasteiger partial charge is 0.306 e. The normalized spacial score (nSPS) is 13.7. The first-order valence-electron chi connectivity index (χ1n) is 5.75. The molecule has 1 N–H and O–H groups in total. The molecule has 0 bridgehead atoms. The van der Waals surface area contributed by atoms with Crippen LogP contribution in [0, 0.1) is 0 Å². The molecule has 3 heteroatoms. The fraction of sp³-hybridized carbons (Fsp3) is 0.917. The van der Waals surface area contributed by atoms with Crippen molar-refractivity contribution in [3.63, 3.8) is 0 Å². The average molecular weight is 216 g/mol. The fourth-order valence-electron chi connectivity index (χ4n) is 1.25. The van der Waals surface area contributed by atoms with Gasteiger partial charge in [0.05, 0.1) is 6.10 Å². The van der Waals surface area contributed by atoms with E-state index in [1.165, 1.54) is 0 Å². The molecular formula is C12H24O3. The first-order chi connectivity index (χ1) is 6.85. The third kappa shape index (κ3) is 9.73. The molecule has 15 heavy (non-hydrogen) atoms. The average Bonchev–Trinajstić information content (AvgIpc) is 2.09. The van der Waals surface area contributed by atoms with Crippen molar-refractivity contribution in [2.24, 2.45) is 0 Å². The van der Waals surface area contributed by atoms with Crippen LogP contribution in [0.1, 0.15) is 59.8 Å². The van der Waals surface area contributed by atoms with Crippen LogP contribution in [0.2, 0.25) is 0 Å². The topological polar surface area (TPSA) is 46.5 Å². The second-order valence-corrected chi connectivity index (χ2v) is 4.89. The van der Waals surface area contributed by atoms with Gasteiger partial charge in [-0.05, 0) is 40.0 Å². The van der Waals surface area contributed by atoms with Gasteiger partial charge in [-0.2, -0.15) is 0 Å². The lowest BCUT2D eigenvalue weighted by molar-refractivity contribution is -0.154. The maximum atomic E-state index is 11.3. The molecule has 0 spiro atoms. The highest BCUT2D eigenvalue weighted by Gasteiger charge is 2.15. The summed E-state index contributed by atoms with van der Waals surface area (Å²) in [4.78, 5) is 11.3. The van der Waals surface area contributed by atoms with E-state index < -0.39 is 0 Å². The molecule has 0 amide bonds. The Kier molecular flexibility index (Phi) is 6.57. The molecule has 0 saturated heterocycles. The number of carbonyl (C=O) groups is 1. The summed E-state index contributed by atoms with van der Waals surface area (Å²) in [6.07, 6.45) is 3.48. The van der Waals surface area contributed by atoms with Gasteiger partial charge in [-0.3, -0.25) is 4.79 Å². The zero-order valence-electron chi connectivity index (χ0n) is 10.4. The summed E-state index contributed by atoms with van der Waals surface area (Å²) in [7, 11) is 0. The number of esters is 1. The van der Waals surface area contributed by atoms with E-state index in [4.69, 9.17) is 4.74 Å². The third-order valence-corrected chi connectivity index (χ3v) is 2.06. The predicted octanol–water partition coefficient (Wildman–Crippen LogP) is 2.66. The Bertz CT molecular complexity index is 182. The molecule has 0 rings (SSSR count). The van der Waals surface area contributed by atoms with Crippen molar-refractivity contribution in [3.8, 4) is 0 Å². The number of hydrogen-bond acceptors (Lipinski definition) is 3. The Morgan fingerprint density at radius 2 is 1.93 bits per heavy atom. The van der Waals surface area contributed by atoms with E-state index in [1.807, 2.05) is 27.7 Å². The highest BCUT2D eigenvalue weighted by molar-refractivity contribution is 5.69. The molecule has 1 atom stereocenters. The van der Waals surface area contributed by atoms with Crippen LogP contribution in [-0.4, -0.2) is 22.8 Å². The quantitative estimate of drug-likeness (QED) is 0.548. The molecule has 0 unspecified atom stereocenters.